The normalized spacial score (nSPS) is 18.3. The van der Waals surface area contributed by atoms with Crippen LogP contribution in [0.3, 0.4) is 0 Å². The second kappa shape index (κ2) is 7.78. The fraction of sp³-hybridized carbons (Fsp3) is 0.316. The molecule has 0 aliphatic carbocycles. The lowest BCUT2D eigenvalue weighted by molar-refractivity contribution is -0.129. The molecule has 138 valence electrons. The van der Waals surface area contributed by atoms with Gasteiger partial charge in [-0.3, -0.25) is 4.79 Å². The van der Waals surface area contributed by atoms with Gasteiger partial charge in [0.2, 0.25) is 5.91 Å². The summed E-state index contributed by atoms with van der Waals surface area (Å²) in [7, 11) is -1.36. The van der Waals surface area contributed by atoms with Crippen molar-refractivity contribution in [3.8, 4) is 11.5 Å². The molecule has 6 nitrogen and oxygen atoms in total. The molecule has 1 amide bonds. The van der Waals surface area contributed by atoms with E-state index < -0.39 is 9.84 Å². The minimum Gasteiger partial charge on any atom is -0.455 e. The van der Waals surface area contributed by atoms with E-state index in [1.807, 2.05) is 54.6 Å². The number of ether oxygens (including phenoxy) is 1. The number of hydrogen-bond acceptors (Lipinski definition) is 5. The molecule has 2 aromatic rings. The molecule has 0 radical (unpaired) electrons. The minimum absolute atomic E-state index is 0.0446. The van der Waals surface area contributed by atoms with E-state index >= 15 is 0 Å². The van der Waals surface area contributed by atoms with Crippen LogP contribution in [0.2, 0.25) is 0 Å². The number of benzene rings is 2. The lowest BCUT2D eigenvalue weighted by Gasteiger charge is -2.24. The van der Waals surface area contributed by atoms with Crippen LogP contribution in [0.5, 0.6) is 11.5 Å². The Morgan fingerprint density at radius 2 is 1.85 bits per heavy atom. The predicted molar refractivity (Wildman–Crippen MR) is 101 cm³/mol. The van der Waals surface area contributed by atoms with E-state index in [9.17, 15) is 13.2 Å². The Hall–Kier alpha value is -2.54. The molecule has 0 spiro atoms. The van der Waals surface area contributed by atoms with Gasteiger partial charge in [-0.15, -0.1) is 0 Å². The molecule has 2 aromatic carbocycles. The lowest BCUT2D eigenvalue weighted by Crippen LogP contribution is -2.40. The highest BCUT2D eigenvalue weighted by Gasteiger charge is 2.32. The summed E-state index contributed by atoms with van der Waals surface area (Å²) in [6.07, 6.45) is 0.498. The van der Waals surface area contributed by atoms with Gasteiger partial charge in [0.15, 0.2) is 15.6 Å². The minimum atomic E-state index is -3.02. The van der Waals surface area contributed by atoms with Crippen LogP contribution < -0.4 is 10.1 Å². The fourth-order valence-electron chi connectivity index (χ4n) is 2.90. The van der Waals surface area contributed by atoms with Crippen molar-refractivity contribution in [3.05, 3.63) is 54.6 Å². The number of hydrogen-bond donors (Lipinski definition) is 1. The Bertz CT molecular complexity index is 868. The molecule has 3 rings (SSSR count). The monoisotopic (exact) mass is 374 g/mol. The molecule has 0 saturated carbocycles. The van der Waals surface area contributed by atoms with Gasteiger partial charge in [0.25, 0.3) is 0 Å². The van der Waals surface area contributed by atoms with Crippen LogP contribution in [0.25, 0.3) is 0 Å². The molecule has 1 N–H and O–H groups in total. The van der Waals surface area contributed by atoms with Crippen molar-refractivity contribution < 1.29 is 17.9 Å². The van der Waals surface area contributed by atoms with E-state index in [0.29, 0.717) is 23.6 Å². The predicted octanol–water partition coefficient (Wildman–Crippen LogP) is 2.54. The van der Waals surface area contributed by atoms with Gasteiger partial charge < -0.3 is 15.0 Å². The van der Waals surface area contributed by atoms with Crippen LogP contribution in [0.4, 0.5) is 5.69 Å². The second-order valence-electron chi connectivity index (χ2n) is 6.33. The molecule has 1 heterocycles. The zero-order chi connectivity index (χ0) is 18.6. The number of carbonyl (C=O) groups is 1. The molecular weight excluding hydrogens is 352 g/mol. The van der Waals surface area contributed by atoms with E-state index in [0.717, 1.165) is 0 Å². The number of carbonyl (C=O) groups excluding carboxylic acids is 1. The van der Waals surface area contributed by atoms with Crippen LogP contribution in [-0.4, -0.2) is 50.4 Å². The fourth-order valence-corrected chi connectivity index (χ4v) is 4.67. The first kappa shape index (κ1) is 18.3. The summed E-state index contributed by atoms with van der Waals surface area (Å²) in [4.78, 5) is 13.9. The number of nitrogens with one attached hydrogen (secondary N) is 1. The largest absolute Gasteiger partial charge is 0.455 e. The van der Waals surface area contributed by atoms with E-state index in [1.165, 1.54) is 4.90 Å². The maximum atomic E-state index is 12.4. The molecule has 0 aromatic heterocycles. The number of amides is 1. The molecule has 1 aliphatic rings. The number of nitrogens with zero attached hydrogens (tertiary/aromatic N) is 1. The smallest absolute Gasteiger partial charge is 0.241 e. The molecule has 0 unspecified atom stereocenters. The molecule has 1 aliphatic heterocycles. The first-order valence-corrected chi connectivity index (χ1v) is 10.3. The van der Waals surface area contributed by atoms with Crippen molar-refractivity contribution in [3.63, 3.8) is 0 Å². The van der Waals surface area contributed by atoms with Gasteiger partial charge in [0, 0.05) is 13.1 Å². The highest BCUT2D eigenvalue weighted by Crippen LogP contribution is 2.29. The average Bonchev–Trinajstić information content (AvgIpc) is 3.01. The van der Waals surface area contributed by atoms with Gasteiger partial charge in [-0.2, -0.15) is 0 Å². The summed E-state index contributed by atoms with van der Waals surface area (Å²) < 4.78 is 29.1. The summed E-state index contributed by atoms with van der Waals surface area (Å²) in [5.41, 5.74) is 0.706. The summed E-state index contributed by atoms with van der Waals surface area (Å²) in [5, 5.41) is 3.09. The Balaban J connectivity index is 1.62. The van der Waals surface area contributed by atoms with Crippen molar-refractivity contribution in [2.75, 3.05) is 30.4 Å². The summed E-state index contributed by atoms with van der Waals surface area (Å²) >= 11 is 0. The third kappa shape index (κ3) is 4.54. The maximum Gasteiger partial charge on any atom is 0.241 e. The molecular formula is C19H22N2O4S. The molecule has 1 fully saturated rings. The van der Waals surface area contributed by atoms with Gasteiger partial charge in [-0.05, 0) is 30.7 Å². The molecule has 1 atom stereocenters. The van der Waals surface area contributed by atoms with Crippen molar-refractivity contribution in [2.45, 2.75) is 12.5 Å². The number of rotatable bonds is 6. The van der Waals surface area contributed by atoms with Gasteiger partial charge in [0.1, 0.15) is 5.75 Å². The summed E-state index contributed by atoms with van der Waals surface area (Å²) in [5.74, 6) is 1.37. The van der Waals surface area contributed by atoms with Crippen LogP contribution >= 0.6 is 0 Å². The Morgan fingerprint density at radius 1 is 1.15 bits per heavy atom. The topological polar surface area (TPSA) is 75.7 Å². The van der Waals surface area contributed by atoms with Gasteiger partial charge >= 0.3 is 0 Å². The standard InChI is InChI=1S/C19H22N2O4S/c1-21(15-11-12-26(23,24)14-15)19(22)13-20-17-9-5-6-10-18(17)25-16-7-3-2-4-8-16/h2-10,15,20H,11-14H2,1H3/t15-/m0/s1. The first-order chi connectivity index (χ1) is 12.4. The maximum absolute atomic E-state index is 12.4. The molecule has 26 heavy (non-hydrogen) atoms. The molecule has 0 bridgehead atoms. The molecule has 7 heteroatoms. The highest BCUT2D eigenvalue weighted by atomic mass is 32.2. The van der Waals surface area contributed by atoms with E-state index in [-0.39, 0.29) is 30.0 Å². The van der Waals surface area contributed by atoms with E-state index in [1.54, 1.807) is 7.05 Å². The Morgan fingerprint density at radius 3 is 2.54 bits per heavy atom. The second-order valence-corrected chi connectivity index (χ2v) is 8.56. The summed E-state index contributed by atoms with van der Waals surface area (Å²) in [6.45, 7) is 0.0716. The Labute approximate surface area is 153 Å². The van der Waals surface area contributed by atoms with Gasteiger partial charge in [-0.25, -0.2) is 8.42 Å². The quantitative estimate of drug-likeness (QED) is 0.841. The SMILES string of the molecule is CN(C(=O)CNc1ccccc1Oc1ccccc1)[C@H]1CCS(=O)(=O)C1. The number of para-hydroxylation sites is 3. The summed E-state index contributed by atoms with van der Waals surface area (Å²) in [6, 6.07) is 16.5. The number of anilines is 1. The number of sulfone groups is 1. The van der Waals surface area contributed by atoms with E-state index in [2.05, 4.69) is 5.32 Å². The third-order valence-electron chi connectivity index (χ3n) is 4.44. The van der Waals surface area contributed by atoms with Crippen molar-refractivity contribution >= 4 is 21.4 Å². The van der Waals surface area contributed by atoms with Crippen LogP contribution in [0.1, 0.15) is 6.42 Å². The average molecular weight is 374 g/mol. The highest BCUT2D eigenvalue weighted by molar-refractivity contribution is 7.91. The zero-order valence-electron chi connectivity index (χ0n) is 14.6. The van der Waals surface area contributed by atoms with Gasteiger partial charge in [-0.1, -0.05) is 30.3 Å². The first-order valence-electron chi connectivity index (χ1n) is 8.46. The third-order valence-corrected chi connectivity index (χ3v) is 6.19. The van der Waals surface area contributed by atoms with Gasteiger partial charge in [0.05, 0.1) is 23.7 Å². The van der Waals surface area contributed by atoms with Crippen molar-refractivity contribution in [2.24, 2.45) is 0 Å². The zero-order valence-corrected chi connectivity index (χ0v) is 15.4. The Kier molecular flexibility index (Phi) is 5.46. The van der Waals surface area contributed by atoms with Crippen LogP contribution in [0.15, 0.2) is 54.6 Å². The van der Waals surface area contributed by atoms with Crippen molar-refractivity contribution in [1.29, 1.82) is 0 Å². The van der Waals surface area contributed by atoms with E-state index in [4.69, 9.17) is 4.74 Å². The molecule has 1 saturated heterocycles. The van der Waals surface area contributed by atoms with Crippen LogP contribution in [0, 0.1) is 0 Å². The van der Waals surface area contributed by atoms with Crippen LogP contribution in [-0.2, 0) is 14.6 Å². The van der Waals surface area contributed by atoms with Crippen molar-refractivity contribution in [1.82, 2.24) is 4.90 Å². The lowest BCUT2D eigenvalue weighted by atomic mass is 10.2. The number of likely N-dealkylation sites (N-methyl/N-ethyl adjacent to an activating group) is 1.